The summed E-state index contributed by atoms with van der Waals surface area (Å²) in [5.41, 5.74) is -0.497. The Morgan fingerprint density at radius 2 is 2.14 bits per heavy atom. The number of guanidine groups is 1. The Morgan fingerprint density at radius 3 is 2.62 bits per heavy atom. The van der Waals surface area contributed by atoms with E-state index in [-0.39, 0.29) is 48.4 Å². The molecule has 8 heteroatoms. The van der Waals surface area contributed by atoms with E-state index in [1.165, 1.54) is 0 Å². The van der Waals surface area contributed by atoms with E-state index < -0.39 is 5.60 Å². The highest BCUT2D eigenvalue weighted by atomic mass is 127. The zero-order valence-electron chi connectivity index (χ0n) is 13.0. The fourth-order valence-electron chi connectivity index (χ4n) is 1.78. The molecule has 1 heterocycles. The van der Waals surface area contributed by atoms with Gasteiger partial charge in [0.25, 0.3) is 0 Å². The van der Waals surface area contributed by atoms with Gasteiger partial charge in [-0.15, -0.1) is 24.0 Å². The van der Waals surface area contributed by atoms with Gasteiger partial charge in [0.1, 0.15) is 12.1 Å². The van der Waals surface area contributed by atoms with Crippen LogP contribution in [0.15, 0.2) is 4.99 Å². The maximum atomic E-state index is 11.6. The first-order chi connectivity index (χ1) is 9.30. The van der Waals surface area contributed by atoms with E-state index in [0.717, 1.165) is 6.42 Å². The zero-order valence-corrected chi connectivity index (χ0v) is 15.3. The predicted molar refractivity (Wildman–Crippen MR) is 91.8 cm³/mol. The number of hydrogen-bond acceptors (Lipinski definition) is 4. The Kier molecular flexibility index (Phi) is 8.60. The number of amides is 1. The highest BCUT2D eigenvalue weighted by molar-refractivity contribution is 14.0. The minimum atomic E-state index is -0.497. The van der Waals surface area contributed by atoms with Crippen LogP contribution >= 0.6 is 24.0 Å². The van der Waals surface area contributed by atoms with Crippen LogP contribution in [0.3, 0.4) is 0 Å². The van der Waals surface area contributed by atoms with Gasteiger partial charge < -0.3 is 20.7 Å². The number of carbonyl (C=O) groups is 2. The maximum Gasteiger partial charge on any atom is 0.325 e. The van der Waals surface area contributed by atoms with E-state index in [1.54, 1.807) is 7.05 Å². The lowest BCUT2D eigenvalue weighted by atomic mass is 10.1. The van der Waals surface area contributed by atoms with Gasteiger partial charge >= 0.3 is 5.97 Å². The van der Waals surface area contributed by atoms with Crippen molar-refractivity contribution in [2.45, 2.75) is 45.3 Å². The van der Waals surface area contributed by atoms with Crippen LogP contribution in [0.25, 0.3) is 0 Å². The summed E-state index contributed by atoms with van der Waals surface area (Å²) in [6.45, 7) is 6.08. The molecule has 7 nitrogen and oxygen atoms in total. The van der Waals surface area contributed by atoms with Crippen molar-refractivity contribution in [1.82, 2.24) is 16.0 Å². The molecule has 0 saturated carbocycles. The van der Waals surface area contributed by atoms with Crippen LogP contribution in [0.4, 0.5) is 0 Å². The minimum Gasteiger partial charge on any atom is -0.459 e. The van der Waals surface area contributed by atoms with E-state index in [4.69, 9.17) is 4.74 Å². The second-order valence-electron chi connectivity index (χ2n) is 5.70. The quantitative estimate of drug-likeness (QED) is 0.270. The van der Waals surface area contributed by atoms with Gasteiger partial charge in [-0.05, 0) is 27.2 Å². The first-order valence-corrected chi connectivity index (χ1v) is 6.76. The Labute approximate surface area is 142 Å². The Morgan fingerprint density at radius 1 is 1.48 bits per heavy atom. The van der Waals surface area contributed by atoms with E-state index in [9.17, 15) is 9.59 Å². The van der Waals surface area contributed by atoms with Gasteiger partial charge in [-0.3, -0.25) is 14.6 Å². The van der Waals surface area contributed by atoms with Crippen molar-refractivity contribution in [3.63, 3.8) is 0 Å². The van der Waals surface area contributed by atoms with Crippen LogP contribution in [-0.2, 0) is 14.3 Å². The zero-order chi connectivity index (χ0) is 15.2. The summed E-state index contributed by atoms with van der Waals surface area (Å²) in [4.78, 5) is 26.7. The van der Waals surface area contributed by atoms with Gasteiger partial charge in [-0.25, -0.2) is 0 Å². The van der Waals surface area contributed by atoms with Crippen molar-refractivity contribution < 1.29 is 14.3 Å². The number of hydrogen-bond donors (Lipinski definition) is 3. The molecule has 1 rings (SSSR count). The third-order valence-electron chi connectivity index (χ3n) is 2.65. The molecule has 0 aromatic heterocycles. The summed E-state index contributed by atoms with van der Waals surface area (Å²) in [7, 11) is 1.63. The van der Waals surface area contributed by atoms with Gasteiger partial charge in [-0.1, -0.05) is 0 Å². The first-order valence-electron chi connectivity index (χ1n) is 6.76. The monoisotopic (exact) mass is 412 g/mol. The molecule has 1 amide bonds. The molecule has 122 valence electrons. The molecule has 1 atom stereocenters. The summed E-state index contributed by atoms with van der Waals surface area (Å²) >= 11 is 0. The Bertz CT molecular complexity index is 383. The summed E-state index contributed by atoms with van der Waals surface area (Å²) in [5, 5.41) is 8.84. The number of piperidine rings is 1. The minimum absolute atomic E-state index is 0. The van der Waals surface area contributed by atoms with Crippen molar-refractivity contribution in [2.75, 3.05) is 20.1 Å². The Hall–Kier alpha value is -1.06. The fourth-order valence-corrected chi connectivity index (χ4v) is 1.78. The van der Waals surface area contributed by atoms with E-state index in [2.05, 4.69) is 20.9 Å². The van der Waals surface area contributed by atoms with Crippen LogP contribution in [0.1, 0.15) is 33.6 Å². The molecule has 1 aliphatic heterocycles. The van der Waals surface area contributed by atoms with Crippen LogP contribution in [0.5, 0.6) is 0 Å². The largest absolute Gasteiger partial charge is 0.459 e. The molecule has 0 radical (unpaired) electrons. The average molecular weight is 412 g/mol. The highest BCUT2D eigenvalue weighted by Crippen LogP contribution is 2.06. The second kappa shape index (κ2) is 9.06. The Balaban J connectivity index is 0.00000400. The van der Waals surface area contributed by atoms with Crippen molar-refractivity contribution in [2.24, 2.45) is 4.99 Å². The van der Waals surface area contributed by atoms with Crippen molar-refractivity contribution in [3.8, 4) is 0 Å². The summed E-state index contributed by atoms with van der Waals surface area (Å²) in [6, 6.07) is 0.123. The molecule has 3 N–H and O–H groups in total. The van der Waals surface area contributed by atoms with E-state index in [0.29, 0.717) is 18.9 Å². The lowest BCUT2D eigenvalue weighted by Crippen LogP contribution is -2.52. The lowest BCUT2D eigenvalue weighted by molar-refractivity contribution is -0.153. The third kappa shape index (κ3) is 8.74. The number of halogens is 1. The normalized spacial score (nSPS) is 19.1. The molecular formula is C13H25IN4O3. The molecule has 0 aliphatic carbocycles. The first kappa shape index (κ1) is 19.9. The topological polar surface area (TPSA) is 91.8 Å². The van der Waals surface area contributed by atoms with Crippen LogP contribution in [0.2, 0.25) is 0 Å². The predicted octanol–water partition coefficient (Wildman–Crippen LogP) is 0.390. The van der Waals surface area contributed by atoms with E-state index in [1.807, 2.05) is 20.8 Å². The van der Waals surface area contributed by atoms with Crippen molar-refractivity contribution in [1.29, 1.82) is 0 Å². The third-order valence-corrected chi connectivity index (χ3v) is 2.65. The van der Waals surface area contributed by atoms with Gasteiger partial charge in [-0.2, -0.15) is 0 Å². The standard InChI is InChI=1S/C13H24N4O3.HI/c1-13(2,3)20-11(19)8-16-12(14-4)17-9-5-6-10(18)15-7-9;/h9H,5-8H2,1-4H3,(H,15,18)(H2,14,16,17);1H. The van der Waals surface area contributed by atoms with Crippen molar-refractivity contribution in [3.05, 3.63) is 0 Å². The fraction of sp³-hybridized carbons (Fsp3) is 0.769. The number of esters is 1. The number of ether oxygens (including phenoxy) is 1. The summed E-state index contributed by atoms with van der Waals surface area (Å²) in [6.07, 6.45) is 1.25. The number of aliphatic imine (C=N–C) groups is 1. The average Bonchev–Trinajstić information content (AvgIpc) is 2.34. The van der Waals surface area contributed by atoms with Crippen molar-refractivity contribution >= 4 is 41.8 Å². The summed E-state index contributed by atoms with van der Waals surface area (Å²) < 4.78 is 5.20. The van der Waals surface area contributed by atoms with Gasteiger partial charge in [0.05, 0.1) is 0 Å². The van der Waals surface area contributed by atoms with Crippen LogP contribution in [0, 0.1) is 0 Å². The van der Waals surface area contributed by atoms with Crippen LogP contribution < -0.4 is 16.0 Å². The van der Waals surface area contributed by atoms with Crippen LogP contribution in [-0.4, -0.2) is 49.6 Å². The molecule has 0 bridgehead atoms. The van der Waals surface area contributed by atoms with Gasteiger partial charge in [0.15, 0.2) is 5.96 Å². The maximum absolute atomic E-state index is 11.6. The lowest BCUT2D eigenvalue weighted by Gasteiger charge is -2.25. The molecule has 0 aromatic rings. The van der Waals surface area contributed by atoms with E-state index >= 15 is 0 Å². The molecule has 1 saturated heterocycles. The molecule has 21 heavy (non-hydrogen) atoms. The molecule has 0 aromatic carbocycles. The summed E-state index contributed by atoms with van der Waals surface area (Å²) in [5.74, 6) is 0.258. The number of carbonyl (C=O) groups excluding carboxylic acids is 2. The highest BCUT2D eigenvalue weighted by Gasteiger charge is 2.20. The molecular weight excluding hydrogens is 387 g/mol. The van der Waals surface area contributed by atoms with Gasteiger partial charge in [0.2, 0.25) is 5.91 Å². The molecule has 1 aliphatic rings. The molecule has 1 fully saturated rings. The molecule has 0 spiro atoms. The SMILES string of the molecule is CN=C(NCC(=O)OC(C)(C)C)NC1CCC(=O)NC1.I. The second-order valence-corrected chi connectivity index (χ2v) is 5.70. The smallest absolute Gasteiger partial charge is 0.325 e. The number of nitrogens with one attached hydrogen (secondary N) is 3. The van der Waals surface area contributed by atoms with Gasteiger partial charge in [0, 0.05) is 26.1 Å². The molecule has 1 unspecified atom stereocenters. The number of rotatable bonds is 3. The number of nitrogens with zero attached hydrogens (tertiary/aromatic N) is 1.